The zero-order valence-electron chi connectivity index (χ0n) is 12.0. The van der Waals surface area contributed by atoms with Gasteiger partial charge < -0.3 is 10.4 Å². The summed E-state index contributed by atoms with van der Waals surface area (Å²) < 4.78 is 13.0. The Hall–Kier alpha value is -1.09. The predicted molar refractivity (Wildman–Crippen MR) is 75.6 cm³/mol. The first-order valence-corrected chi connectivity index (χ1v) is 7.27. The molecule has 4 atom stereocenters. The summed E-state index contributed by atoms with van der Waals surface area (Å²) in [4.78, 5) is 0. The van der Waals surface area contributed by atoms with E-state index in [1.54, 1.807) is 6.07 Å². The van der Waals surface area contributed by atoms with Crippen LogP contribution in [0.5, 0.6) is 5.75 Å². The van der Waals surface area contributed by atoms with Crippen LogP contribution in [0.3, 0.4) is 0 Å². The van der Waals surface area contributed by atoms with Crippen LogP contribution in [0.4, 0.5) is 4.39 Å². The van der Waals surface area contributed by atoms with E-state index in [0.717, 1.165) is 11.5 Å². The van der Waals surface area contributed by atoms with Gasteiger partial charge in [-0.05, 0) is 37.7 Å². The molecule has 0 aromatic heterocycles. The molecule has 0 bridgehead atoms. The molecular weight excluding hydrogens is 241 g/mol. The van der Waals surface area contributed by atoms with E-state index in [0.29, 0.717) is 12.0 Å². The van der Waals surface area contributed by atoms with E-state index in [1.165, 1.54) is 31.4 Å². The first-order valence-electron chi connectivity index (χ1n) is 7.27. The average molecular weight is 265 g/mol. The van der Waals surface area contributed by atoms with Crippen molar-refractivity contribution in [1.82, 2.24) is 5.32 Å². The molecule has 1 fully saturated rings. The van der Waals surface area contributed by atoms with Crippen LogP contribution >= 0.6 is 0 Å². The number of aromatic hydroxyl groups is 1. The van der Waals surface area contributed by atoms with Gasteiger partial charge in [-0.15, -0.1) is 0 Å². The molecule has 0 radical (unpaired) electrons. The lowest BCUT2D eigenvalue weighted by Gasteiger charge is -2.25. The smallest absolute Gasteiger partial charge is 0.126 e. The van der Waals surface area contributed by atoms with Crippen molar-refractivity contribution in [2.24, 2.45) is 11.8 Å². The third kappa shape index (κ3) is 3.08. The summed E-state index contributed by atoms with van der Waals surface area (Å²) >= 11 is 0. The lowest BCUT2D eigenvalue weighted by atomic mass is 9.93. The Morgan fingerprint density at radius 1 is 1.42 bits per heavy atom. The summed E-state index contributed by atoms with van der Waals surface area (Å²) in [5.41, 5.74) is 0.772. The fourth-order valence-electron chi connectivity index (χ4n) is 3.35. The molecule has 2 nitrogen and oxygen atoms in total. The van der Waals surface area contributed by atoms with E-state index in [9.17, 15) is 9.50 Å². The number of halogens is 1. The maximum absolute atomic E-state index is 13.0. The molecule has 2 rings (SSSR count). The number of benzene rings is 1. The second-order valence-electron chi connectivity index (χ2n) is 5.80. The van der Waals surface area contributed by atoms with E-state index in [2.05, 4.69) is 19.2 Å². The van der Waals surface area contributed by atoms with Gasteiger partial charge in [0.25, 0.3) is 0 Å². The van der Waals surface area contributed by atoms with Crippen LogP contribution in [0, 0.1) is 17.7 Å². The van der Waals surface area contributed by atoms with Crippen LogP contribution < -0.4 is 5.32 Å². The van der Waals surface area contributed by atoms with Crippen molar-refractivity contribution >= 4 is 0 Å². The molecule has 0 saturated heterocycles. The number of hydrogen-bond donors (Lipinski definition) is 2. The molecule has 1 aromatic carbocycles. The Kier molecular flexibility index (Phi) is 4.46. The van der Waals surface area contributed by atoms with Gasteiger partial charge in [-0.25, -0.2) is 4.39 Å². The van der Waals surface area contributed by atoms with Crippen LogP contribution in [-0.2, 0) is 0 Å². The summed E-state index contributed by atoms with van der Waals surface area (Å²) in [5.74, 6) is 1.10. The van der Waals surface area contributed by atoms with Crippen molar-refractivity contribution in [2.45, 2.75) is 52.1 Å². The number of hydrogen-bond acceptors (Lipinski definition) is 2. The quantitative estimate of drug-likeness (QED) is 0.862. The Bertz CT molecular complexity index is 435. The normalized spacial score (nSPS) is 28.5. The summed E-state index contributed by atoms with van der Waals surface area (Å²) in [6.07, 6.45) is 3.69. The molecule has 1 aromatic rings. The minimum absolute atomic E-state index is 0.0395. The molecule has 2 N–H and O–H groups in total. The Labute approximate surface area is 115 Å². The Morgan fingerprint density at radius 3 is 2.74 bits per heavy atom. The van der Waals surface area contributed by atoms with Crippen LogP contribution in [0.1, 0.15) is 51.6 Å². The summed E-state index contributed by atoms with van der Waals surface area (Å²) in [6.45, 7) is 6.58. The molecule has 0 aliphatic heterocycles. The summed E-state index contributed by atoms with van der Waals surface area (Å²) in [5, 5.41) is 13.4. The molecule has 4 unspecified atom stereocenters. The SMILES string of the molecule is CCC1CCC(NC(C)c2ccc(F)cc2O)C1C. The molecule has 0 heterocycles. The zero-order valence-corrected chi connectivity index (χ0v) is 12.0. The molecule has 0 amide bonds. The standard InChI is InChI=1S/C16H24FNO/c1-4-12-5-8-15(10(12)2)18-11(3)14-7-6-13(17)9-16(14)19/h6-7,9-12,15,18-19H,4-5,8H2,1-3H3. The highest BCUT2D eigenvalue weighted by Gasteiger charge is 2.32. The zero-order chi connectivity index (χ0) is 14.0. The fraction of sp³-hybridized carbons (Fsp3) is 0.625. The van der Waals surface area contributed by atoms with Crippen LogP contribution in [0.2, 0.25) is 0 Å². The lowest BCUT2D eigenvalue weighted by Crippen LogP contribution is -2.34. The maximum atomic E-state index is 13.0. The van der Waals surface area contributed by atoms with Gasteiger partial charge in [0.15, 0.2) is 0 Å². The van der Waals surface area contributed by atoms with E-state index in [-0.39, 0.29) is 11.8 Å². The molecule has 1 saturated carbocycles. The predicted octanol–water partition coefficient (Wildman–Crippen LogP) is 4.01. The minimum atomic E-state index is -0.395. The molecule has 1 aliphatic carbocycles. The highest BCUT2D eigenvalue weighted by atomic mass is 19.1. The topological polar surface area (TPSA) is 32.3 Å². The van der Waals surface area contributed by atoms with Gasteiger partial charge in [-0.1, -0.05) is 26.3 Å². The van der Waals surface area contributed by atoms with E-state index in [1.807, 2.05) is 6.92 Å². The van der Waals surface area contributed by atoms with Gasteiger partial charge in [0.1, 0.15) is 11.6 Å². The first kappa shape index (κ1) is 14.3. The van der Waals surface area contributed by atoms with Crippen LogP contribution in [0.15, 0.2) is 18.2 Å². The first-order chi connectivity index (χ1) is 9.02. The molecule has 0 spiro atoms. The van der Waals surface area contributed by atoms with Crippen LogP contribution in [-0.4, -0.2) is 11.1 Å². The van der Waals surface area contributed by atoms with E-state index < -0.39 is 5.82 Å². The van der Waals surface area contributed by atoms with Crippen LogP contribution in [0.25, 0.3) is 0 Å². The largest absolute Gasteiger partial charge is 0.508 e. The van der Waals surface area contributed by atoms with Gasteiger partial charge >= 0.3 is 0 Å². The molecule has 106 valence electrons. The van der Waals surface area contributed by atoms with Gasteiger partial charge in [0.2, 0.25) is 0 Å². The lowest BCUT2D eigenvalue weighted by molar-refractivity contribution is 0.324. The van der Waals surface area contributed by atoms with Crippen molar-refractivity contribution in [2.75, 3.05) is 0 Å². The number of rotatable bonds is 4. The van der Waals surface area contributed by atoms with Gasteiger partial charge in [-0.3, -0.25) is 0 Å². The number of nitrogens with one attached hydrogen (secondary N) is 1. The van der Waals surface area contributed by atoms with E-state index >= 15 is 0 Å². The third-order valence-corrected chi connectivity index (χ3v) is 4.67. The Balaban J connectivity index is 2.03. The van der Waals surface area contributed by atoms with Gasteiger partial charge in [0.05, 0.1) is 0 Å². The highest BCUT2D eigenvalue weighted by Crippen LogP contribution is 2.35. The molecule has 3 heteroatoms. The third-order valence-electron chi connectivity index (χ3n) is 4.67. The number of phenols is 1. The van der Waals surface area contributed by atoms with Crippen molar-refractivity contribution in [3.8, 4) is 5.75 Å². The second-order valence-corrected chi connectivity index (χ2v) is 5.80. The fourth-order valence-corrected chi connectivity index (χ4v) is 3.35. The minimum Gasteiger partial charge on any atom is -0.508 e. The second kappa shape index (κ2) is 5.91. The van der Waals surface area contributed by atoms with Crippen molar-refractivity contribution in [1.29, 1.82) is 0 Å². The monoisotopic (exact) mass is 265 g/mol. The van der Waals surface area contributed by atoms with Crippen molar-refractivity contribution < 1.29 is 9.50 Å². The summed E-state index contributed by atoms with van der Waals surface area (Å²) in [6, 6.07) is 4.79. The van der Waals surface area contributed by atoms with Crippen molar-refractivity contribution in [3.05, 3.63) is 29.6 Å². The highest BCUT2D eigenvalue weighted by molar-refractivity contribution is 5.35. The average Bonchev–Trinajstić information content (AvgIpc) is 2.70. The number of phenolic OH excluding ortho intramolecular Hbond substituents is 1. The van der Waals surface area contributed by atoms with Gasteiger partial charge in [0, 0.05) is 23.7 Å². The Morgan fingerprint density at radius 2 is 2.16 bits per heavy atom. The maximum Gasteiger partial charge on any atom is 0.126 e. The van der Waals surface area contributed by atoms with E-state index in [4.69, 9.17) is 0 Å². The summed E-state index contributed by atoms with van der Waals surface area (Å²) in [7, 11) is 0. The molecule has 1 aliphatic rings. The molecule has 19 heavy (non-hydrogen) atoms. The molecular formula is C16H24FNO. The van der Waals surface area contributed by atoms with Gasteiger partial charge in [-0.2, -0.15) is 0 Å². The van der Waals surface area contributed by atoms with Crippen molar-refractivity contribution in [3.63, 3.8) is 0 Å².